The number of fused-ring (bicyclic) bond motifs is 3. The molecule has 0 spiro atoms. The zero-order valence-corrected chi connectivity index (χ0v) is 12.0. The van der Waals surface area contributed by atoms with Gasteiger partial charge in [-0.05, 0) is 33.8 Å². The van der Waals surface area contributed by atoms with E-state index in [-0.39, 0.29) is 24.4 Å². The molecule has 1 aliphatic carbocycles. The van der Waals surface area contributed by atoms with E-state index >= 15 is 0 Å². The molecule has 0 unspecified atom stereocenters. The molecule has 0 radical (unpaired) electrons. The highest BCUT2D eigenvalue weighted by molar-refractivity contribution is 9.11. The first-order valence-electron chi connectivity index (χ1n) is 5.86. The van der Waals surface area contributed by atoms with Crippen LogP contribution in [-0.2, 0) is 18.9 Å². The van der Waals surface area contributed by atoms with E-state index in [1.807, 2.05) is 33.8 Å². The zero-order chi connectivity index (χ0) is 12.4. The molecule has 2 saturated heterocycles. The molecule has 4 nitrogen and oxygen atoms in total. The molecule has 2 fully saturated rings. The van der Waals surface area contributed by atoms with Crippen molar-refractivity contribution in [3.05, 3.63) is 10.6 Å². The molecule has 0 saturated carbocycles. The topological polar surface area (TPSA) is 36.9 Å². The molecule has 4 atom stereocenters. The van der Waals surface area contributed by atoms with Crippen molar-refractivity contribution in [1.29, 1.82) is 0 Å². The van der Waals surface area contributed by atoms with Crippen LogP contribution in [0.15, 0.2) is 10.6 Å². The second kappa shape index (κ2) is 3.54. The molecule has 0 N–H and O–H groups in total. The molecule has 0 amide bonds. The standard InChI is InChI=1S/C12H17BrO4/c1-11(2)14-7-5-6(13)8-10(9(7)16-11)17-12(3,4)15-8/h5,7-10H,1-4H3/t7-,8+,9-,10+/m0/s1. The first kappa shape index (κ1) is 12.1. The van der Waals surface area contributed by atoms with E-state index in [1.54, 1.807) is 0 Å². The summed E-state index contributed by atoms with van der Waals surface area (Å²) in [5, 5.41) is 0. The normalized spacial score (nSPS) is 46.3. The molecule has 0 aromatic carbocycles. The lowest BCUT2D eigenvalue weighted by atomic mass is 9.96. The smallest absolute Gasteiger partial charge is 0.164 e. The van der Waals surface area contributed by atoms with Gasteiger partial charge in [-0.3, -0.25) is 0 Å². The molecule has 0 aromatic rings. The van der Waals surface area contributed by atoms with Crippen LogP contribution < -0.4 is 0 Å². The molecule has 0 bridgehead atoms. The van der Waals surface area contributed by atoms with Gasteiger partial charge in [0.1, 0.15) is 24.4 Å². The third-order valence-corrected chi connectivity index (χ3v) is 3.93. The van der Waals surface area contributed by atoms with E-state index in [4.69, 9.17) is 18.9 Å². The maximum absolute atomic E-state index is 5.93. The summed E-state index contributed by atoms with van der Waals surface area (Å²) in [5.41, 5.74) is 0. The average molecular weight is 305 g/mol. The quantitative estimate of drug-likeness (QED) is 0.688. The van der Waals surface area contributed by atoms with Gasteiger partial charge in [-0.15, -0.1) is 0 Å². The minimum absolute atomic E-state index is 0.0712. The summed E-state index contributed by atoms with van der Waals surface area (Å²) in [6, 6.07) is 0. The number of hydrogen-bond donors (Lipinski definition) is 0. The van der Waals surface area contributed by atoms with Crippen molar-refractivity contribution in [2.45, 2.75) is 63.7 Å². The molecule has 0 aromatic heterocycles. The van der Waals surface area contributed by atoms with Gasteiger partial charge < -0.3 is 18.9 Å². The minimum atomic E-state index is -0.576. The Morgan fingerprint density at radius 3 is 2.24 bits per heavy atom. The Kier molecular flexibility index (Phi) is 2.52. The van der Waals surface area contributed by atoms with E-state index in [0.717, 1.165) is 4.48 Å². The Bertz CT molecular complexity index is 377. The predicted molar refractivity (Wildman–Crippen MR) is 64.7 cm³/mol. The highest BCUT2D eigenvalue weighted by Gasteiger charge is 2.56. The monoisotopic (exact) mass is 304 g/mol. The summed E-state index contributed by atoms with van der Waals surface area (Å²) in [6.07, 6.45) is 1.64. The number of ether oxygens (including phenoxy) is 4. The molecule has 5 heteroatoms. The van der Waals surface area contributed by atoms with Gasteiger partial charge in [-0.25, -0.2) is 0 Å². The summed E-state index contributed by atoms with van der Waals surface area (Å²) in [4.78, 5) is 0. The van der Waals surface area contributed by atoms with Crippen molar-refractivity contribution in [3.8, 4) is 0 Å². The van der Waals surface area contributed by atoms with Crippen LogP contribution >= 0.6 is 15.9 Å². The maximum Gasteiger partial charge on any atom is 0.164 e. The first-order valence-corrected chi connectivity index (χ1v) is 6.65. The Labute approximate surface area is 109 Å². The molecular weight excluding hydrogens is 288 g/mol. The van der Waals surface area contributed by atoms with Gasteiger partial charge in [0.25, 0.3) is 0 Å². The fraction of sp³-hybridized carbons (Fsp3) is 0.833. The number of halogens is 1. The van der Waals surface area contributed by atoms with Crippen molar-refractivity contribution in [3.63, 3.8) is 0 Å². The van der Waals surface area contributed by atoms with Gasteiger partial charge >= 0.3 is 0 Å². The number of rotatable bonds is 0. The Morgan fingerprint density at radius 2 is 1.53 bits per heavy atom. The van der Waals surface area contributed by atoms with Gasteiger partial charge in [0.15, 0.2) is 11.6 Å². The minimum Gasteiger partial charge on any atom is -0.341 e. The summed E-state index contributed by atoms with van der Waals surface area (Å²) < 4.78 is 24.5. The number of hydrogen-bond acceptors (Lipinski definition) is 4. The van der Waals surface area contributed by atoms with Crippen LogP contribution in [0, 0.1) is 0 Å². The lowest BCUT2D eigenvalue weighted by Gasteiger charge is -2.28. The third-order valence-electron chi connectivity index (χ3n) is 3.21. The van der Waals surface area contributed by atoms with Crippen LogP contribution in [0.2, 0.25) is 0 Å². The van der Waals surface area contributed by atoms with E-state index < -0.39 is 11.6 Å². The average Bonchev–Trinajstić information content (AvgIpc) is 2.62. The predicted octanol–water partition coefficient (Wildman–Crippen LogP) is 2.32. The van der Waals surface area contributed by atoms with E-state index in [9.17, 15) is 0 Å². The molecule has 2 aliphatic heterocycles. The van der Waals surface area contributed by atoms with Crippen LogP contribution in [0.3, 0.4) is 0 Å². The second-order valence-electron chi connectivity index (χ2n) is 5.64. The van der Waals surface area contributed by atoms with Crippen molar-refractivity contribution in [2.24, 2.45) is 0 Å². The van der Waals surface area contributed by atoms with E-state index in [0.29, 0.717) is 0 Å². The van der Waals surface area contributed by atoms with Crippen LogP contribution in [-0.4, -0.2) is 36.0 Å². The third kappa shape index (κ3) is 1.98. The van der Waals surface area contributed by atoms with E-state index in [2.05, 4.69) is 15.9 Å². The molecule has 17 heavy (non-hydrogen) atoms. The maximum atomic E-state index is 5.93. The van der Waals surface area contributed by atoms with Crippen LogP contribution in [0.1, 0.15) is 27.7 Å². The lowest BCUT2D eigenvalue weighted by molar-refractivity contribution is -0.175. The van der Waals surface area contributed by atoms with Gasteiger partial charge in [-0.2, -0.15) is 0 Å². The van der Waals surface area contributed by atoms with Crippen LogP contribution in [0.25, 0.3) is 0 Å². The van der Waals surface area contributed by atoms with Gasteiger partial charge in [0.2, 0.25) is 0 Å². The first-order chi connectivity index (χ1) is 7.77. The molecule has 2 heterocycles. The van der Waals surface area contributed by atoms with Gasteiger partial charge in [0, 0.05) is 4.48 Å². The van der Waals surface area contributed by atoms with E-state index in [1.165, 1.54) is 0 Å². The van der Waals surface area contributed by atoms with Crippen LogP contribution in [0.4, 0.5) is 0 Å². The molecule has 3 rings (SSSR count). The van der Waals surface area contributed by atoms with Crippen molar-refractivity contribution in [1.82, 2.24) is 0 Å². The SMILES string of the molecule is CC1(C)O[C@@H]2[C@@H]3OC(C)(C)O[C@@H]3C(Br)=C[C@@H]2O1. The summed E-state index contributed by atoms with van der Waals surface area (Å²) >= 11 is 3.54. The summed E-state index contributed by atoms with van der Waals surface area (Å²) in [6.45, 7) is 7.68. The summed E-state index contributed by atoms with van der Waals surface area (Å²) in [7, 11) is 0. The van der Waals surface area contributed by atoms with Gasteiger partial charge in [0.05, 0.1) is 0 Å². The lowest BCUT2D eigenvalue weighted by Crippen LogP contribution is -2.44. The van der Waals surface area contributed by atoms with Crippen molar-refractivity contribution >= 4 is 15.9 Å². The highest BCUT2D eigenvalue weighted by Crippen LogP contribution is 2.45. The largest absolute Gasteiger partial charge is 0.341 e. The summed E-state index contributed by atoms with van der Waals surface area (Å²) in [5.74, 6) is -1.14. The Balaban J connectivity index is 1.92. The molecular formula is C12H17BrO4. The van der Waals surface area contributed by atoms with Crippen molar-refractivity contribution < 1.29 is 18.9 Å². The fourth-order valence-corrected chi connectivity index (χ4v) is 3.31. The van der Waals surface area contributed by atoms with Crippen molar-refractivity contribution in [2.75, 3.05) is 0 Å². The highest BCUT2D eigenvalue weighted by atomic mass is 79.9. The van der Waals surface area contributed by atoms with Gasteiger partial charge in [-0.1, -0.05) is 15.9 Å². The Morgan fingerprint density at radius 1 is 0.941 bits per heavy atom. The molecule has 96 valence electrons. The van der Waals surface area contributed by atoms with Crippen LogP contribution in [0.5, 0.6) is 0 Å². The fourth-order valence-electron chi connectivity index (χ4n) is 2.69. The zero-order valence-electron chi connectivity index (χ0n) is 10.4. The Hall–Kier alpha value is 0.0600. The second-order valence-corrected chi connectivity index (χ2v) is 6.55. The molecule has 3 aliphatic rings.